The van der Waals surface area contributed by atoms with Gasteiger partial charge in [0.05, 0.1) is 10.6 Å². The zero-order valence-electron chi connectivity index (χ0n) is 6.74. The van der Waals surface area contributed by atoms with Gasteiger partial charge >= 0.3 is 5.97 Å². The summed E-state index contributed by atoms with van der Waals surface area (Å²) in [6, 6.07) is 2.58. The average Bonchev–Trinajstić information content (AvgIpc) is 2.03. The van der Waals surface area contributed by atoms with E-state index in [1.54, 1.807) is 6.26 Å². The molecule has 5 heteroatoms. The molecule has 0 atom stereocenters. The molecule has 0 saturated carbocycles. The second-order valence-corrected chi connectivity index (χ2v) is 3.56. The molecule has 1 rings (SSSR count). The maximum Gasteiger partial charge on any atom is 0.337 e. The van der Waals surface area contributed by atoms with Gasteiger partial charge in [-0.05, 0) is 12.3 Å². The Balaban J connectivity index is 3.30. The van der Waals surface area contributed by atoms with Crippen LogP contribution in [0.1, 0.15) is 10.4 Å². The second-order valence-electron chi connectivity index (χ2n) is 2.31. The molecule has 0 aromatic heterocycles. The number of phenolic OH excluding ortho intramolecular Hbond substituents is 1. The number of aromatic carboxylic acids is 1. The van der Waals surface area contributed by atoms with E-state index in [9.17, 15) is 9.90 Å². The van der Waals surface area contributed by atoms with Crippen LogP contribution in [0.25, 0.3) is 0 Å². The first-order valence-corrected chi connectivity index (χ1v) is 4.96. The van der Waals surface area contributed by atoms with Crippen LogP contribution in [-0.2, 0) is 0 Å². The van der Waals surface area contributed by atoms with Crippen LogP contribution in [0.5, 0.6) is 5.75 Å². The van der Waals surface area contributed by atoms with Gasteiger partial charge in [-0.25, -0.2) is 4.79 Å². The highest BCUT2D eigenvalue weighted by atomic mass is 35.5. The zero-order chi connectivity index (χ0) is 10.0. The van der Waals surface area contributed by atoms with Crippen LogP contribution < -0.4 is 0 Å². The third-order valence-electron chi connectivity index (χ3n) is 1.50. The van der Waals surface area contributed by atoms with Crippen molar-refractivity contribution in [3.05, 3.63) is 22.7 Å². The molecule has 1 aromatic rings. The number of carbonyl (C=O) groups is 1. The van der Waals surface area contributed by atoms with Crippen molar-refractivity contribution >= 4 is 29.3 Å². The van der Waals surface area contributed by atoms with E-state index in [1.807, 2.05) is 0 Å². The fourth-order valence-electron chi connectivity index (χ4n) is 0.870. The Morgan fingerprint density at radius 2 is 2.15 bits per heavy atom. The summed E-state index contributed by atoms with van der Waals surface area (Å²) < 4.78 is 0. The molecule has 0 bridgehead atoms. The maximum absolute atomic E-state index is 10.6. The first-order chi connectivity index (χ1) is 6.06. The van der Waals surface area contributed by atoms with Gasteiger partial charge in [0, 0.05) is 11.0 Å². The largest absolute Gasteiger partial charge is 0.507 e. The molecule has 0 amide bonds. The molecule has 2 N–H and O–H groups in total. The van der Waals surface area contributed by atoms with E-state index < -0.39 is 5.97 Å². The van der Waals surface area contributed by atoms with E-state index in [0.717, 1.165) is 0 Å². The number of hydrogen-bond donors (Lipinski definition) is 2. The van der Waals surface area contributed by atoms with Crippen molar-refractivity contribution in [1.29, 1.82) is 0 Å². The van der Waals surface area contributed by atoms with E-state index in [-0.39, 0.29) is 16.3 Å². The number of hydrogen-bond acceptors (Lipinski definition) is 3. The molecular weight excluding hydrogens is 212 g/mol. The third kappa shape index (κ3) is 2.08. The van der Waals surface area contributed by atoms with Crippen LogP contribution in [0, 0.1) is 0 Å². The Hall–Kier alpha value is -0.870. The van der Waals surface area contributed by atoms with Crippen molar-refractivity contribution in [1.82, 2.24) is 0 Å². The van der Waals surface area contributed by atoms with Gasteiger partial charge < -0.3 is 10.2 Å². The lowest BCUT2D eigenvalue weighted by molar-refractivity contribution is 0.0697. The highest BCUT2D eigenvalue weighted by Crippen LogP contribution is 2.32. The minimum absolute atomic E-state index is 0.00231. The lowest BCUT2D eigenvalue weighted by Crippen LogP contribution is -1.97. The number of carboxylic acid groups (broad SMARTS) is 1. The summed E-state index contributed by atoms with van der Waals surface area (Å²) in [7, 11) is 0. The van der Waals surface area contributed by atoms with Crippen LogP contribution in [0.4, 0.5) is 0 Å². The molecule has 0 fully saturated rings. The van der Waals surface area contributed by atoms with Gasteiger partial charge in [0.1, 0.15) is 5.75 Å². The third-order valence-corrected chi connectivity index (χ3v) is 2.58. The zero-order valence-corrected chi connectivity index (χ0v) is 8.32. The quantitative estimate of drug-likeness (QED) is 0.749. The second kappa shape index (κ2) is 3.89. The summed E-state index contributed by atoms with van der Waals surface area (Å²) in [4.78, 5) is 11.1. The predicted octanol–water partition coefficient (Wildman–Crippen LogP) is 2.47. The molecule has 0 aliphatic rings. The van der Waals surface area contributed by atoms with Crippen LogP contribution >= 0.6 is 23.4 Å². The van der Waals surface area contributed by atoms with Gasteiger partial charge in [-0.15, -0.1) is 11.8 Å². The maximum atomic E-state index is 10.6. The van der Waals surface area contributed by atoms with E-state index in [2.05, 4.69) is 0 Å². The Morgan fingerprint density at radius 1 is 1.54 bits per heavy atom. The molecule has 70 valence electrons. The van der Waals surface area contributed by atoms with Crippen LogP contribution in [0.15, 0.2) is 17.0 Å². The predicted molar refractivity (Wildman–Crippen MR) is 51.9 cm³/mol. The Kier molecular flexibility index (Phi) is 3.06. The molecule has 0 saturated heterocycles. The van der Waals surface area contributed by atoms with Crippen molar-refractivity contribution in [3.8, 4) is 5.75 Å². The van der Waals surface area contributed by atoms with Crippen molar-refractivity contribution in [2.24, 2.45) is 0 Å². The Labute approximate surface area is 84.3 Å². The first kappa shape index (κ1) is 10.2. The standard InChI is InChI=1S/C8H7ClO3S/c1-13-7-2-4(8(11)12)5(9)3-6(7)10/h2-3,10H,1H3,(H,11,12). The van der Waals surface area contributed by atoms with Crippen molar-refractivity contribution < 1.29 is 15.0 Å². The van der Waals surface area contributed by atoms with Crippen molar-refractivity contribution in [3.63, 3.8) is 0 Å². The first-order valence-electron chi connectivity index (χ1n) is 3.36. The molecule has 0 spiro atoms. The van der Waals surface area contributed by atoms with Crippen LogP contribution in [0.2, 0.25) is 5.02 Å². The van der Waals surface area contributed by atoms with Gasteiger partial charge in [0.15, 0.2) is 0 Å². The summed E-state index contributed by atoms with van der Waals surface area (Å²) >= 11 is 6.87. The number of carboxylic acids is 1. The summed E-state index contributed by atoms with van der Waals surface area (Å²) in [6.45, 7) is 0. The van der Waals surface area contributed by atoms with Gasteiger partial charge in [0.2, 0.25) is 0 Å². The highest BCUT2D eigenvalue weighted by molar-refractivity contribution is 7.98. The summed E-state index contributed by atoms with van der Waals surface area (Å²) in [5, 5.41) is 18.0. The molecule has 0 heterocycles. The van der Waals surface area contributed by atoms with Crippen LogP contribution in [-0.4, -0.2) is 22.4 Å². The van der Waals surface area contributed by atoms with E-state index in [4.69, 9.17) is 16.7 Å². The van der Waals surface area contributed by atoms with E-state index >= 15 is 0 Å². The molecular formula is C8H7ClO3S. The van der Waals surface area contributed by atoms with Gasteiger partial charge in [-0.2, -0.15) is 0 Å². The van der Waals surface area contributed by atoms with Gasteiger partial charge in [0.25, 0.3) is 0 Å². The number of aromatic hydroxyl groups is 1. The minimum Gasteiger partial charge on any atom is -0.507 e. The topological polar surface area (TPSA) is 57.5 Å². The van der Waals surface area contributed by atoms with Crippen LogP contribution in [0.3, 0.4) is 0 Å². The fourth-order valence-corrected chi connectivity index (χ4v) is 1.61. The van der Waals surface area contributed by atoms with Gasteiger partial charge in [-0.1, -0.05) is 11.6 Å². The number of phenols is 1. The summed E-state index contributed by atoms with van der Waals surface area (Å²) in [6.07, 6.45) is 1.74. The van der Waals surface area contributed by atoms with E-state index in [1.165, 1.54) is 23.9 Å². The Morgan fingerprint density at radius 3 is 2.62 bits per heavy atom. The minimum atomic E-state index is -1.10. The summed E-state index contributed by atoms with van der Waals surface area (Å²) in [5.41, 5.74) is 0.00353. The number of rotatable bonds is 2. The number of halogens is 1. The number of thioether (sulfide) groups is 1. The fraction of sp³-hybridized carbons (Fsp3) is 0.125. The molecule has 0 aliphatic carbocycles. The molecule has 3 nitrogen and oxygen atoms in total. The SMILES string of the molecule is CSc1cc(C(=O)O)c(Cl)cc1O. The van der Waals surface area contributed by atoms with Gasteiger partial charge in [-0.3, -0.25) is 0 Å². The lowest BCUT2D eigenvalue weighted by Gasteiger charge is -2.04. The molecule has 13 heavy (non-hydrogen) atoms. The average molecular weight is 219 g/mol. The lowest BCUT2D eigenvalue weighted by atomic mass is 10.2. The van der Waals surface area contributed by atoms with Crippen molar-refractivity contribution in [2.75, 3.05) is 6.26 Å². The van der Waals surface area contributed by atoms with E-state index in [0.29, 0.717) is 4.90 Å². The highest BCUT2D eigenvalue weighted by Gasteiger charge is 2.12. The molecule has 0 radical (unpaired) electrons. The molecule has 0 aliphatic heterocycles. The Bertz CT molecular complexity index is 351. The molecule has 1 aromatic carbocycles. The van der Waals surface area contributed by atoms with Crippen molar-refractivity contribution in [2.45, 2.75) is 4.90 Å². The molecule has 0 unspecified atom stereocenters. The summed E-state index contributed by atoms with van der Waals surface area (Å²) in [5.74, 6) is -1.09. The smallest absolute Gasteiger partial charge is 0.337 e. The number of benzene rings is 1. The normalized spacial score (nSPS) is 10.0. The monoisotopic (exact) mass is 218 g/mol.